The van der Waals surface area contributed by atoms with Crippen LogP contribution in [0.1, 0.15) is 5.69 Å². The van der Waals surface area contributed by atoms with Crippen LogP contribution < -0.4 is 10.6 Å². The largest absolute Gasteiger partial charge is 0.370 e. The second-order valence-corrected chi connectivity index (χ2v) is 3.87. The van der Waals surface area contributed by atoms with Gasteiger partial charge in [0.2, 0.25) is 0 Å². The summed E-state index contributed by atoms with van der Waals surface area (Å²) in [5, 5.41) is 7.44. The summed E-state index contributed by atoms with van der Waals surface area (Å²) >= 11 is 1.72. The number of aromatic amines is 1. The third-order valence-electron chi connectivity index (χ3n) is 1.87. The molecule has 0 unspecified atom stereocenters. The van der Waals surface area contributed by atoms with Crippen LogP contribution in [0.25, 0.3) is 0 Å². The Morgan fingerprint density at radius 2 is 2.50 bits per heavy atom. The van der Waals surface area contributed by atoms with Crippen LogP contribution in [0.15, 0.2) is 6.33 Å². The molecule has 0 atom stereocenters. The highest BCUT2D eigenvalue weighted by atomic mass is 32.2. The molecule has 1 aromatic rings. The third kappa shape index (κ3) is 2.41. The Morgan fingerprint density at radius 3 is 2.93 bits per heavy atom. The number of nitrogens with two attached hydrogens (primary N) is 1. The van der Waals surface area contributed by atoms with Gasteiger partial charge in [-0.3, -0.25) is 10.3 Å². The molecular weight excluding hydrogens is 198 g/mol. The maximum absolute atomic E-state index is 7.44. The van der Waals surface area contributed by atoms with Gasteiger partial charge in [-0.15, -0.1) is 0 Å². The molecule has 0 saturated carbocycles. The van der Waals surface area contributed by atoms with Crippen molar-refractivity contribution in [3.05, 3.63) is 12.0 Å². The molecule has 0 bridgehead atoms. The lowest BCUT2D eigenvalue weighted by Gasteiger charge is -2.20. The average Bonchev–Trinajstić information content (AvgIpc) is 2.52. The Morgan fingerprint density at radius 1 is 1.79 bits per heavy atom. The molecule has 14 heavy (non-hydrogen) atoms. The third-order valence-corrected chi connectivity index (χ3v) is 2.46. The summed E-state index contributed by atoms with van der Waals surface area (Å²) < 4.78 is 0. The van der Waals surface area contributed by atoms with Crippen LogP contribution >= 0.6 is 11.8 Å². The van der Waals surface area contributed by atoms with Gasteiger partial charge >= 0.3 is 0 Å². The molecule has 0 saturated heterocycles. The number of imidazole rings is 1. The number of thioether (sulfide) groups is 1. The minimum atomic E-state index is 0.0363. The van der Waals surface area contributed by atoms with E-state index in [-0.39, 0.29) is 5.96 Å². The molecule has 0 amide bonds. The van der Waals surface area contributed by atoms with Crippen LogP contribution in [0, 0.1) is 12.3 Å². The van der Waals surface area contributed by atoms with Gasteiger partial charge in [0, 0.05) is 12.3 Å². The lowest BCUT2D eigenvalue weighted by molar-refractivity contribution is 1.01. The summed E-state index contributed by atoms with van der Waals surface area (Å²) in [6.45, 7) is 2.62. The Hall–Kier alpha value is -1.17. The van der Waals surface area contributed by atoms with E-state index in [1.165, 1.54) is 0 Å². The molecule has 0 fully saturated rings. The number of guanidine groups is 1. The quantitative estimate of drug-likeness (QED) is 0.510. The van der Waals surface area contributed by atoms with E-state index < -0.39 is 0 Å². The van der Waals surface area contributed by atoms with Gasteiger partial charge in [0.15, 0.2) is 11.8 Å². The fourth-order valence-electron chi connectivity index (χ4n) is 1.15. The summed E-state index contributed by atoms with van der Waals surface area (Å²) in [5.74, 6) is 1.70. The van der Waals surface area contributed by atoms with Crippen molar-refractivity contribution in [1.82, 2.24) is 9.97 Å². The van der Waals surface area contributed by atoms with Gasteiger partial charge in [0.25, 0.3) is 0 Å². The molecule has 0 aromatic carbocycles. The first-order chi connectivity index (χ1) is 6.66. The number of aromatic nitrogens is 2. The van der Waals surface area contributed by atoms with E-state index in [9.17, 15) is 0 Å². The predicted molar refractivity (Wildman–Crippen MR) is 61.0 cm³/mol. The number of hydrogen-bond acceptors (Lipinski definition) is 3. The van der Waals surface area contributed by atoms with Crippen molar-refractivity contribution in [3.8, 4) is 0 Å². The Bertz CT molecular complexity index is 308. The number of hydrogen-bond donors (Lipinski definition) is 3. The van der Waals surface area contributed by atoms with Crippen molar-refractivity contribution >= 4 is 23.5 Å². The highest BCUT2D eigenvalue weighted by Gasteiger charge is 2.13. The molecule has 4 N–H and O–H groups in total. The number of aryl methyl sites for hydroxylation is 1. The summed E-state index contributed by atoms with van der Waals surface area (Å²) in [5.41, 5.74) is 6.42. The Labute approximate surface area is 87.6 Å². The lowest BCUT2D eigenvalue weighted by Crippen LogP contribution is -2.38. The summed E-state index contributed by atoms with van der Waals surface area (Å²) in [4.78, 5) is 8.80. The van der Waals surface area contributed by atoms with Gasteiger partial charge < -0.3 is 10.7 Å². The molecule has 0 radical (unpaired) electrons. The van der Waals surface area contributed by atoms with E-state index in [1.807, 2.05) is 13.2 Å². The molecule has 0 spiro atoms. The van der Waals surface area contributed by atoms with Gasteiger partial charge in [0.05, 0.1) is 12.0 Å². The molecule has 0 aliphatic heterocycles. The molecule has 6 heteroatoms. The molecule has 1 aromatic heterocycles. The first-order valence-corrected chi connectivity index (χ1v) is 5.66. The Kier molecular flexibility index (Phi) is 3.82. The van der Waals surface area contributed by atoms with Crippen molar-refractivity contribution in [1.29, 1.82) is 5.41 Å². The molecule has 78 valence electrons. The molecule has 1 rings (SSSR count). The first kappa shape index (κ1) is 10.9. The van der Waals surface area contributed by atoms with Crippen LogP contribution in [-0.4, -0.2) is 34.5 Å². The molecule has 0 aliphatic carbocycles. The maximum atomic E-state index is 7.44. The zero-order valence-corrected chi connectivity index (χ0v) is 9.19. The van der Waals surface area contributed by atoms with E-state index in [0.717, 1.165) is 17.3 Å². The average molecular weight is 213 g/mol. The van der Waals surface area contributed by atoms with Gasteiger partial charge in [-0.2, -0.15) is 11.8 Å². The first-order valence-electron chi connectivity index (χ1n) is 4.27. The molecule has 5 nitrogen and oxygen atoms in total. The van der Waals surface area contributed by atoms with Crippen molar-refractivity contribution < 1.29 is 0 Å². The van der Waals surface area contributed by atoms with Gasteiger partial charge in [-0.1, -0.05) is 0 Å². The maximum Gasteiger partial charge on any atom is 0.194 e. The van der Waals surface area contributed by atoms with Gasteiger partial charge in [0.1, 0.15) is 0 Å². The van der Waals surface area contributed by atoms with Crippen LogP contribution in [-0.2, 0) is 0 Å². The number of H-pyrrole nitrogens is 1. The normalized spacial score (nSPS) is 10.1. The van der Waals surface area contributed by atoms with Crippen LogP contribution in [0.3, 0.4) is 0 Å². The van der Waals surface area contributed by atoms with Crippen molar-refractivity contribution in [3.63, 3.8) is 0 Å². The number of anilines is 1. The molecule has 1 heterocycles. The van der Waals surface area contributed by atoms with Crippen LogP contribution in [0.4, 0.5) is 5.82 Å². The molecule has 0 aliphatic rings. The Balaban J connectivity index is 2.78. The monoisotopic (exact) mass is 213 g/mol. The van der Waals surface area contributed by atoms with Gasteiger partial charge in [-0.05, 0) is 13.2 Å². The fourth-order valence-corrected chi connectivity index (χ4v) is 1.51. The van der Waals surface area contributed by atoms with E-state index in [2.05, 4.69) is 9.97 Å². The second-order valence-electron chi connectivity index (χ2n) is 2.88. The SMILES string of the molecule is CSCCN(C(=N)N)c1nc[nH]c1C. The zero-order chi connectivity index (χ0) is 10.6. The van der Waals surface area contributed by atoms with Crippen LogP contribution in [0.2, 0.25) is 0 Å². The smallest absolute Gasteiger partial charge is 0.194 e. The number of nitrogens with one attached hydrogen (secondary N) is 2. The minimum absolute atomic E-state index is 0.0363. The van der Waals surface area contributed by atoms with E-state index in [1.54, 1.807) is 23.0 Å². The van der Waals surface area contributed by atoms with Crippen molar-refractivity contribution in [2.75, 3.05) is 23.5 Å². The van der Waals surface area contributed by atoms with Crippen molar-refractivity contribution in [2.45, 2.75) is 6.92 Å². The van der Waals surface area contributed by atoms with Gasteiger partial charge in [-0.25, -0.2) is 4.98 Å². The minimum Gasteiger partial charge on any atom is -0.370 e. The summed E-state index contributed by atoms with van der Waals surface area (Å²) in [6, 6.07) is 0. The van der Waals surface area contributed by atoms with E-state index >= 15 is 0 Å². The molecular formula is C8H15N5S. The van der Waals surface area contributed by atoms with Crippen LogP contribution in [0.5, 0.6) is 0 Å². The highest BCUT2D eigenvalue weighted by Crippen LogP contribution is 2.14. The second kappa shape index (κ2) is 4.90. The van der Waals surface area contributed by atoms with E-state index in [4.69, 9.17) is 11.1 Å². The standard InChI is InChI=1S/C8H15N5S/c1-6-7(12-5-11-6)13(8(9)10)3-4-14-2/h5H,3-4H2,1-2H3,(H3,9,10)(H,11,12). The lowest BCUT2D eigenvalue weighted by atomic mass is 10.4. The van der Waals surface area contributed by atoms with Crippen molar-refractivity contribution in [2.24, 2.45) is 5.73 Å². The summed E-state index contributed by atoms with van der Waals surface area (Å²) in [7, 11) is 0. The predicted octanol–water partition coefficient (Wildman–Crippen LogP) is 0.781. The topological polar surface area (TPSA) is 81.8 Å². The number of nitrogens with zero attached hydrogens (tertiary/aromatic N) is 2. The fraction of sp³-hybridized carbons (Fsp3) is 0.500. The summed E-state index contributed by atoms with van der Waals surface area (Å²) in [6.07, 6.45) is 3.63. The number of rotatable bonds is 4. The highest BCUT2D eigenvalue weighted by molar-refractivity contribution is 7.98. The zero-order valence-electron chi connectivity index (χ0n) is 8.37. The van der Waals surface area contributed by atoms with E-state index in [0.29, 0.717) is 6.54 Å².